The van der Waals surface area contributed by atoms with Gasteiger partial charge in [-0.3, -0.25) is 0 Å². The van der Waals surface area contributed by atoms with E-state index in [-0.39, 0.29) is 0 Å². The second-order valence-corrected chi connectivity index (χ2v) is 9.08. The summed E-state index contributed by atoms with van der Waals surface area (Å²) in [6.07, 6.45) is 1.63. The molecule has 1 atom stereocenters. The summed E-state index contributed by atoms with van der Waals surface area (Å²) in [5.41, 5.74) is 0.454. The SMILES string of the molecule is CC(C=C=O)[Si](C)(C)C. The average Bonchev–Trinajstić information content (AvgIpc) is 1.64. The van der Waals surface area contributed by atoms with Crippen LogP contribution in [-0.2, 0) is 4.79 Å². The Labute approximate surface area is 57.8 Å². The van der Waals surface area contributed by atoms with Gasteiger partial charge in [-0.2, -0.15) is 0 Å². The largest absolute Gasteiger partial charge is 0.234 e. The molecule has 9 heavy (non-hydrogen) atoms. The summed E-state index contributed by atoms with van der Waals surface area (Å²) in [5, 5.41) is 0. The Bertz CT molecular complexity index is 128. The molecule has 0 heterocycles. The van der Waals surface area contributed by atoms with Gasteiger partial charge in [-0.15, -0.1) is 0 Å². The van der Waals surface area contributed by atoms with Gasteiger partial charge in [0.2, 0.25) is 0 Å². The Hall–Kier alpha value is -0.333. The fourth-order valence-electron chi connectivity index (χ4n) is 0.352. The van der Waals surface area contributed by atoms with Crippen molar-refractivity contribution in [1.29, 1.82) is 0 Å². The van der Waals surface area contributed by atoms with E-state index < -0.39 is 8.07 Å². The van der Waals surface area contributed by atoms with Gasteiger partial charge in [0.05, 0.1) is 8.07 Å². The second kappa shape index (κ2) is 2.99. The normalized spacial score (nSPS) is 14.2. The van der Waals surface area contributed by atoms with Crippen molar-refractivity contribution in [3.8, 4) is 0 Å². The highest BCUT2D eigenvalue weighted by atomic mass is 28.3. The van der Waals surface area contributed by atoms with Gasteiger partial charge in [-0.05, 0) is 11.6 Å². The van der Waals surface area contributed by atoms with E-state index >= 15 is 0 Å². The van der Waals surface area contributed by atoms with Crippen molar-refractivity contribution < 1.29 is 4.79 Å². The average molecular weight is 142 g/mol. The predicted molar refractivity (Wildman–Crippen MR) is 43.0 cm³/mol. The lowest BCUT2D eigenvalue weighted by atomic mass is 10.5. The van der Waals surface area contributed by atoms with E-state index in [1.165, 1.54) is 0 Å². The molecule has 0 aromatic rings. The van der Waals surface area contributed by atoms with Gasteiger partial charge < -0.3 is 0 Å². The van der Waals surface area contributed by atoms with E-state index in [0.717, 1.165) is 0 Å². The summed E-state index contributed by atoms with van der Waals surface area (Å²) in [5.74, 6) is 1.83. The van der Waals surface area contributed by atoms with Crippen LogP contribution in [0.15, 0.2) is 6.08 Å². The highest BCUT2D eigenvalue weighted by Crippen LogP contribution is 2.20. The van der Waals surface area contributed by atoms with Crippen LogP contribution in [0, 0.1) is 0 Å². The van der Waals surface area contributed by atoms with E-state index in [4.69, 9.17) is 0 Å². The molecule has 2 heteroatoms. The lowest BCUT2D eigenvalue weighted by Gasteiger charge is -2.19. The van der Waals surface area contributed by atoms with Crippen molar-refractivity contribution in [2.45, 2.75) is 32.1 Å². The maximum Gasteiger partial charge on any atom is 0.119 e. The molecule has 0 bridgehead atoms. The van der Waals surface area contributed by atoms with Gasteiger partial charge in [-0.25, -0.2) is 4.79 Å². The van der Waals surface area contributed by atoms with Gasteiger partial charge in [0.15, 0.2) is 0 Å². The first-order valence-electron chi connectivity index (χ1n) is 3.19. The van der Waals surface area contributed by atoms with Crippen LogP contribution in [0.25, 0.3) is 0 Å². The highest BCUT2D eigenvalue weighted by molar-refractivity contribution is 6.78. The predicted octanol–water partition coefficient (Wildman–Crippen LogP) is 2.10. The topological polar surface area (TPSA) is 17.1 Å². The molecule has 0 saturated carbocycles. The molecule has 0 aromatic heterocycles. The molecule has 0 rings (SSSR count). The fraction of sp³-hybridized carbons (Fsp3) is 0.714. The van der Waals surface area contributed by atoms with Crippen molar-refractivity contribution in [2.75, 3.05) is 0 Å². The molecule has 0 aliphatic carbocycles. The Morgan fingerprint density at radius 3 is 2.00 bits per heavy atom. The van der Waals surface area contributed by atoms with Crippen LogP contribution in [0.5, 0.6) is 0 Å². The molecular weight excluding hydrogens is 128 g/mol. The molecule has 0 aliphatic heterocycles. The zero-order valence-corrected chi connectivity index (χ0v) is 7.56. The van der Waals surface area contributed by atoms with Crippen LogP contribution < -0.4 is 0 Å². The van der Waals surface area contributed by atoms with Crippen LogP contribution in [0.4, 0.5) is 0 Å². The molecule has 52 valence electrons. The minimum absolute atomic E-state index is 0.454. The molecule has 0 fully saturated rings. The number of hydrogen-bond acceptors (Lipinski definition) is 1. The monoisotopic (exact) mass is 142 g/mol. The van der Waals surface area contributed by atoms with E-state index in [1.807, 2.05) is 5.94 Å². The van der Waals surface area contributed by atoms with Crippen LogP contribution in [0.1, 0.15) is 6.92 Å². The molecule has 0 amide bonds. The minimum atomic E-state index is -1.10. The smallest absolute Gasteiger partial charge is 0.119 e. The number of carbonyl (C=O) groups excluding carboxylic acids is 1. The second-order valence-electron chi connectivity index (χ2n) is 3.44. The molecule has 0 aliphatic rings. The van der Waals surface area contributed by atoms with Crippen molar-refractivity contribution in [1.82, 2.24) is 0 Å². The van der Waals surface area contributed by atoms with E-state index in [9.17, 15) is 4.79 Å². The summed E-state index contributed by atoms with van der Waals surface area (Å²) in [6, 6.07) is 0. The first-order chi connectivity index (χ1) is 3.98. The van der Waals surface area contributed by atoms with Crippen LogP contribution >= 0.6 is 0 Å². The lowest BCUT2D eigenvalue weighted by Crippen LogP contribution is -2.24. The van der Waals surface area contributed by atoms with Gasteiger partial charge in [0, 0.05) is 0 Å². The number of allylic oxidation sites excluding steroid dienone is 1. The van der Waals surface area contributed by atoms with Crippen molar-refractivity contribution >= 4 is 14.0 Å². The first kappa shape index (κ1) is 8.67. The van der Waals surface area contributed by atoms with Crippen molar-refractivity contribution in [2.24, 2.45) is 0 Å². The van der Waals surface area contributed by atoms with E-state index in [2.05, 4.69) is 26.6 Å². The molecule has 0 aromatic carbocycles. The zero-order chi connectivity index (χ0) is 7.49. The van der Waals surface area contributed by atoms with E-state index in [0.29, 0.717) is 5.54 Å². The molecule has 1 nitrogen and oxygen atoms in total. The van der Waals surface area contributed by atoms with Crippen LogP contribution in [0.3, 0.4) is 0 Å². The van der Waals surface area contributed by atoms with Gasteiger partial charge >= 0.3 is 0 Å². The highest BCUT2D eigenvalue weighted by Gasteiger charge is 2.19. The summed E-state index contributed by atoms with van der Waals surface area (Å²) in [7, 11) is -1.10. The van der Waals surface area contributed by atoms with Gasteiger partial charge in [-0.1, -0.05) is 26.6 Å². The summed E-state index contributed by atoms with van der Waals surface area (Å²) in [4.78, 5) is 9.90. The molecule has 0 N–H and O–H groups in total. The number of rotatable bonds is 2. The standard InChI is InChI=1S/C7H14OSi/c1-7(5-6-8)9(2,3)4/h5,7H,1-4H3. The Morgan fingerprint density at radius 2 is 1.89 bits per heavy atom. The van der Waals surface area contributed by atoms with E-state index in [1.54, 1.807) is 6.08 Å². The molecular formula is C7H14OSi. The summed E-state index contributed by atoms with van der Waals surface area (Å²) < 4.78 is 0. The zero-order valence-electron chi connectivity index (χ0n) is 6.56. The van der Waals surface area contributed by atoms with Crippen LogP contribution in [-0.4, -0.2) is 14.0 Å². The molecule has 1 unspecified atom stereocenters. The Morgan fingerprint density at radius 1 is 1.44 bits per heavy atom. The minimum Gasteiger partial charge on any atom is -0.234 e. The maximum absolute atomic E-state index is 9.90. The molecule has 0 radical (unpaired) electrons. The maximum atomic E-state index is 9.90. The van der Waals surface area contributed by atoms with Gasteiger partial charge in [0.1, 0.15) is 5.94 Å². The fourth-order valence-corrected chi connectivity index (χ4v) is 0.920. The third-order valence-corrected chi connectivity index (χ3v) is 4.58. The quantitative estimate of drug-likeness (QED) is 0.426. The Kier molecular flexibility index (Phi) is 2.88. The van der Waals surface area contributed by atoms with Crippen molar-refractivity contribution in [3.05, 3.63) is 6.08 Å². The van der Waals surface area contributed by atoms with Crippen LogP contribution in [0.2, 0.25) is 25.2 Å². The third kappa shape index (κ3) is 3.28. The number of hydrogen-bond donors (Lipinski definition) is 0. The Balaban J connectivity index is 4.03. The molecule has 0 saturated heterocycles. The molecule has 0 spiro atoms. The summed E-state index contributed by atoms with van der Waals surface area (Å²) in [6.45, 7) is 8.81. The van der Waals surface area contributed by atoms with Crippen molar-refractivity contribution in [3.63, 3.8) is 0 Å². The lowest BCUT2D eigenvalue weighted by molar-refractivity contribution is 0.568. The third-order valence-electron chi connectivity index (χ3n) is 1.68. The summed E-state index contributed by atoms with van der Waals surface area (Å²) >= 11 is 0. The van der Waals surface area contributed by atoms with Gasteiger partial charge in [0.25, 0.3) is 0 Å². The first-order valence-corrected chi connectivity index (χ1v) is 6.77.